The minimum Gasteiger partial charge on any atom is -0.502 e. The van der Waals surface area contributed by atoms with Crippen molar-refractivity contribution in [3.05, 3.63) is 64.2 Å². The van der Waals surface area contributed by atoms with Crippen molar-refractivity contribution in [3.63, 3.8) is 0 Å². The first kappa shape index (κ1) is 15.0. The smallest absolute Gasteiger partial charge is 0.339 e. The quantitative estimate of drug-likeness (QED) is 0.456. The van der Waals surface area contributed by atoms with Crippen LogP contribution in [0.25, 0.3) is 0 Å². The summed E-state index contributed by atoms with van der Waals surface area (Å²) in [6.07, 6.45) is 1.23. The largest absolute Gasteiger partial charge is 0.502 e. The fourth-order valence-corrected chi connectivity index (χ4v) is 1.61. The number of aromatic hydroxyl groups is 1. The Morgan fingerprint density at radius 3 is 2.64 bits per heavy atom. The SMILES string of the molecule is O=C(N/N=C/c1ccc(O)c([N+](=O)[O-])c1)Nc1ccccc1. The molecule has 0 atom stereocenters. The molecule has 0 heterocycles. The van der Waals surface area contributed by atoms with Crippen LogP contribution in [0.15, 0.2) is 53.6 Å². The highest BCUT2D eigenvalue weighted by Gasteiger charge is 2.12. The zero-order valence-corrected chi connectivity index (χ0v) is 11.3. The van der Waals surface area contributed by atoms with Crippen LogP contribution in [0.5, 0.6) is 5.75 Å². The molecule has 2 amide bonds. The van der Waals surface area contributed by atoms with E-state index in [4.69, 9.17) is 0 Å². The number of nitro groups is 1. The van der Waals surface area contributed by atoms with Gasteiger partial charge in [-0.2, -0.15) is 5.10 Å². The number of para-hydroxylation sites is 1. The van der Waals surface area contributed by atoms with Gasteiger partial charge >= 0.3 is 11.7 Å². The van der Waals surface area contributed by atoms with Crippen molar-refractivity contribution in [1.29, 1.82) is 0 Å². The molecule has 0 unspecified atom stereocenters. The highest BCUT2D eigenvalue weighted by molar-refractivity contribution is 5.90. The predicted octanol–water partition coefficient (Wildman–Crippen LogP) is 2.46. The molecule has 0 aliphatic carbocycles. The van der Waals surface area contributed by atoms with Crippen molar-refractivity contribution in [2.24, 2.45) is 5.10 Å². The molecule has 2 aromatic rings. The van der Waals surface area contributed by atoms with Gasteiger partial charge in [-0.25, -0.2) is 10.2 Å². The number of nitrogens with zero attached hydrogens (tertiary/aromatic N) is 2. The molecule has 0 fully saturated rings. The van der Waals surface area contributed by atoms with Gasteiger partial charge in [-0.3, -0.25) is 10.1 Å². The van der Waals surface area contributed by atoms with Gasteiger partial charge in [0.2, 0.25) is 0 Å². The normalized spacial score (nSPS) is 10.4. The van der Waals surface area contributed by atoms with Crippen LogP contribution in [0.3, 0.4) is 0 Å². The first-order valence-corrected chi connectivity index (χ1v) is 6.19. The zero-order chi connectivity index (χ0) is 15.9. The molecule has 3 N–H and O–H groups in total. The lowest BCUT2D eigenvalue weighted by Crippen LogP contribution is -2.24. The van der Waals surface area contributed by atoms with E-state index < -0.39 is 22.4 Å². The number of hydrazone groups is 1. The maximum Gasteiger partial charge on any atom is 0.339 e. The Morgan fingerprint density at radius 2 is 1.95 bits per heavy atom. The summed E-state index contributed by atoms with van der Waals surface area (Å²) in [4.78, 5) is 21.5. The number of nitro benzene ring substituents is 1. The summed E-state index contributed by atoms with van der Waals surface area (Å²) in [6.45, 7) is 0. The Hall–Kier alpha value is -3.42. The molecule has 0 bridgehead atoms. The lowest BCUT2D eigenvalue weighted by molar-refractivity contribution is -0.385. The van der Waals surface area contributed by atoms with E-state index in [1.54, 1.807) is 24.3 Å². The fourth-order valence-electron chi connectivity index (χ4n) is 1.61. The summed E-state index contributed by atoms with van der Waals surface area (Å²) in [5.41, 5.74) is 2.77. The highest BCUT2D eigenvalue weighted by Crippen LogP contribution is 2.25. The van der Waals surface area contributed by atoms with E-state index in [9.17, 15) is 20.0 Å². The second-order valence-corrected chi connectivity index (χ2v) is 4.20. The second-order valence-electron chi connectivity index (χ2n) is 4.20. The second kappa shape index (κ2) is 6.84. The Balaban J connectivity index is 1.96. The molecule has 0 spiro atoms. The number of phenols is 1. The van der Waals surface area contributed by atoms with Gasteiger partial charge in [0.15, 0.2) is 5.75 Å². The zero-order valence-electron chi connectivity index (χ0n) is 11.3. The number of hydrogen-bond acceptors (Lipinski definition) is 5. The minimum atomic E-state index is -0.706. The van der Waals surface area contributed by atoms with Crippen molar-refractivity contribution in [3.8, 4) is 5.75 Å². The number of urea groups is 1. The third-order valence-corrected chi connectivity index (χ3v) is 2.61. The summed E-state index contributed by atoms with van der Waals surface area (Å²) in [7, 11) is 0. The van der Waals surface area contributed by atoms with Gasteiger partial charge in [0.05, 0.1) is 11.1 Å². The van der Waals surface area contributed by atoms with E-state index in [1.165, 1.54) is 18.3 Å². The first-order chi connectivity index (χ1) is 10.6. The van der Waals surface area contributed by atoms with Crippen molar-refractivity contribution in [2.75, 3.05) is 5.32 Å². The molecular weight excluding hydrogens is 288 g/mol. The molecule has 0 aromatic heterocycles. The Bertz CT molecular complexity index is 716. The summed E-state index contributed by atoms with van der Waals surface area (Å²) in [6, 6.07) is 12.0. The van der Waals surface area contributed by atoms with Crippen molar-refractivity contribution < 1.29 is 14.8 Å². The number of amides is 2. The average molecular weight is 300 g/mol. The van der Waals surface area contributed by atoms with E-state index in [2.05, 4.69) is 15.8 Å². The number of benzene rings is 2. The monoisotopic (exact) mass is 300 g/mol. The van der Waals surface area contributed by atoms with Gasteiger partial charge < -0.3 is 10.4 Å². The van der Waals surface area contributed by atoms with E-state index in [0.717, 1.165) is 6.07 Å². The third-order valence-electron chi connectivity index (χ3n) is 2.61. The van der Waals surface area contributed by atoms with Crippen molar-refractivity contribution in [1.82, 2.24) is 5.43 Å². The van der Waals surface area contributed by atoms with E-state index in [-0.39, 0.29) is 0 Å². The Kier molecular flexibility index (Phi) is 4.66. The minimum absolute atomic E-state index is 0.365. The highest BCUT2D eigenvalue weighted by atomic mass is 16.6. The van der Waals surface area contributed by atoms with Crippen LogP contribution < -0.4 is 10.7 Å². The molecule has 0 aliphatic heterocycles. The standard InChI is InChI=1S/C14H12N4O4/c19-13-7-6-10(8-12(13)18(21)22)9-15-17-14(20)16-11-4-2-1-3-5-11/h1-9,19H,(H2,16,17,20)/b15-9+. The first-order valence-electron chi connectivity index (χ1n) is 6.19. The van der Waals surface area contributed by atoms with Gasteiger partial charge in [-0.15, -0.1) is 0 Å². The number of anilines is 1. The van der Waals surface area contributed by atoms with E-state index in [1.807, 2.05) is 6.07 Å². The van der Waals surface area contributed by atoms with Gasteiger partial charge in [-0.05, 0) is 24.3 Å². The lowest BCUT2D eigenvalue weighted by Gasteiger charge is -2.03. The number of hydrogen-bond donors (Lipinski definition) is 3. The van der Waals surface area contributed by atoms with Crippen LogP contribution in [0.2, 0.25) is 0 Å². The third kappa shape index (κ3) is 4.04. The molecule has 0 radical (unpaired) electrons. The molecule has 0 aliphatic rings. The number of phenolic OH excluding ortho intramolecular Hbond substituents is 1. The topological polar surface area (TPSA) is 117 Å². The molecule has 2 rings (SSSR count). The van der Waals surface area contributed by atoms with Crippen LogP contribution in [0, 0.1) is 10.1 Å². The Labute approximate surface area is 125 Å². The van der Waals surface area contributed by atoms with Crippen LogP contribution in [-0.4, -0.2) is 22.3 Å². The van der Waals surface area contributed by atoms with Gasteiger partial charge in [-0.1, -0.05) is 18.2 Å². The van der Waals surface area contributed by atoms with Crippen molar-refractivity contribution in [2.45, 2.75) is 0 Å². The number of rotatable bonds is 4. The van der Waals surface area contributed by atoms with Crippen LogP contribution in [-0.2, 0) is 0 Å². The number of nitrogens with one attached hydrogen (secondary N) is 2. The number of carbonyl (C=O) groups excluding carboxylic acids is 1. The van der Waals surface area contributed by atoms with Crippen LogP contribution in [0.4, 0.5) is 16.2 Å². The molecule has 0 saturated heterocycles. The molecule has 112 valence electrons. The van der Waals surface area contributed by atoms with E-state index in [0.29, 0.717) is 11.3 Å². The molecule has 22 heavy (non-hydrogen) atoms. The van der Waals surface area contributed by atoms with Crippen LogP contribution in [0.1, 0.15) is 5.56 Å². The van der Waals surface area contributed by atoms with Crippen molar-refractivity contribution >= 4 is 23.6 Å². The van der Waals surface area contributed by atoms with Gasteiger partial charge in [0.25, 0.3) is 0 Å². The molecule has 0 saturated carbocycles. The summed E-state index contributed by atoms with van der Waals surface area (Å²) < 4.78 is 0. The van der Waals surface area contributed by atoms with E-state index >= 15 is 0 Å². The summed E-state index contributed by atoms with van der Waals surface area (Å²) in [5.74, 6) is -0.433. The summed E-state index contributed by atoms with van der Waals surface area (Å²) in [5, 5.41) is 26.2. The average Bonchev–Trinajstić information content (AvgIpc) is 2.49. The molecular formula is C14H12N4O4. The maximum absolute atomic E-state index is 11.5. The lowest BCUT2D eigenvalue weighted by atomic mass is 10.2. The predicted molar refractivity (Wildman–Crippen MR) is 81.0 cm³/mol. The number of carbonyl (C=O) groups is 1. The van der Waals surface area contributed by atoms with Crippen LogP contribution >= 0.6 is 0 Å². The fraction of sp³-hybridized carbons (Fsp3) is 0. The summed E-state index contributed by atoms with van der Waals surface area (Å²) >= 11 is 0. The van der Waals surface area contributed by atoms with Gasteiger partial charge in [0.1, 0.15) is 0 Å². The molecule has 8 nitrogen and oxygen atoms in total. The molecule has 2 aromatic carbocycles. The maximum atomic E-state index is 11.5. The van der Waals surface area contributed by atoms with Gasteiger partial charge in [0, 0.05) is 17.3 Å². The Morgan fingerprint density at radius 1 is 1.23 bits per heavy atom. The molecule has 8 heteroatoms.